The van der Waals surface area contributed by atoms with Crippen molar-refractivity contribution in [2.45, 2.75) is 222 Å². The maximum Gasteiger partial charge on any atom is 0.328 e. The van der Waals surface area contributed by atoms with Crippen LogP contribution in [0.2, 0.25) is 0 Å². The molecule has 34 N–H and O–H groups in total. The molecule has 0 aliphatic carbocycles. The van der Waals surface area contributed by atoms with Crippen molar-refractivity contribution < 1.29 is 236 Å². The molecule has 147 heavy (non-hydrogen) atoms. The van der Waals surface area contributed by atoms with E-state index in [9.17, 15) is 139 Å². The number of ether oxygens (including phenoxy) is 14. The van der Waals surface area contributed by atoms with Gasteiger partial charge in [-0.1, -0.05) is 0 Å². The van der Waals surface area contributed by atoms with Crippen molar-refractivity contribution in [2.24, 2.45) is 0 Å². The Kier molecular flexibility index (Phi) is 51.1. The summed E-state index contributed by atoms with van der Waals surface area (Å²) in [6.07, 6.45) is -66.9. The van der Waals surface area contributed by atoms with Crippen molar-refractivity contribution >= 4 is 82.9 Å². The maximum absolute atomic E-state index is 12.7. The Hall–Kier alpha value is -10.4. The Morgan fingerprint density at radius 2 is 0.299 bits per heavy atom. The highest BCUT2D eigenvalue weighted by Gasteiger charge is 2.60. The standard InChI is InChI=1S/C85H128N14O48/c1-37(100)2-3-45(101)93-23-16-86-30-38-72-58(120)65(127)79(134-38)142-73-39(31-87-17-24-94-46(102)4-10-52(108)109)136-81(67(129)60(73)122)144-75-41(33-89-19-26-96-48(104)6-12-54(112)113)138-83(69(131)62(75)124)146-77-43(35-91-21-28-98-50(106)8-14-56(116)117)140-85(71(133)64(77)126)147-78-44(36-92-22-29-99-51(107)9-15-57(118)119)139-84(70(132)63(78)125)145-76-42(34-90-20-27-97-49(105)7-13-55(114)115)137-82(68(130)61(76)123)143-74-40(135-80(141-72)66(128)59(74)121)32-88-18-25-95-47(103)5-11-53(110)111/h2-15,38-44,58-92,120-133H,16-36H2,1H3,(H,93,101)(H,94,102)(H,95,103)(H,96,104)(H,97,105)(H,98,106)(H,99,107)(H,108,109)(H,110,111)(H,112,113)(H,114,115)(H,116,117)(H,118,119)/b3-2-,10-4-,11-5-,12-6-,13-7-,14-8-,15-9-. The van der Waals surface area contributed by atoms with Crippen LogP contribution in [0, 0.1) is 0 Å². The van der Waals surface area contributed by atoms with E-state index < -0.39 is 344 Å². The van der Waals surface area contributed by atoms with Crippen LogP contribution < -0.4 is 74.4 Å². The number of aliphatic carboxylic acids is 6. The smallest absolute Gasteiger partial charge is 0.328 e. The average Bonchev–Trinajstić information content (AvgIpc) is 1.05. The molecule has 0 aromatic heterocycles. The number of aliphatic hydroxyl groups excluding tert-OH is 14. The number of aliphatic hydroxyl groups is 14. The highest BCUT2D eigenvalue weighted by atomic mass is 16.8. The predicted octanol–water partition coefficient (Wildman–Crippen LogP) is -19.2. The van der Waals surface area contributed by atoms with Gasteiger partial charge >= 0.3 is 35.8 Å². The minimum absolute atomic E-state index is 0.203. The lowest BCUT2D eigenvalue weighted by molar-refractivity contribution is -0.392. The molecule has 35 unspecified atom stereocenters. The molecule has 35 atom stereocenters. The molecule has 0 saturated carbocycles. The van der Waals surface area contributed by atoms with Gasteiger partial charge in [0.2, 0.25) is 41.4 Å². The lowest BCUT2D eigenvalue weighted by Gasteiger charge is -2.50. The first-order chi connectivity index (χ1) is 69.9. The summed E-state index contributed by atoms with van der Waals surface area (Å²) >= 11 is 0. The summed E-state index contributed by atoms with van der Waals surface area (Å²) in [4.78, 5) is 167. The van der Waals surface area contributed by atoms with Gasteiger partial charge in [-0.15, -0.1) is 0 Å². The van der Waals surface area contributed by atoms with E-state index in [0.717, 1.165) is 12.2 Å². The molecule has 21 rings (SSSR count). The van der Waals surface area contributed by atoms with Crippen LogP contribution in [0.5, 0.6) is 0 Å². The van der Waals surface area contributed by atoms with Crippen LogP contribution >= 0.6 is 0 Å². The molecular weight excluding hydrogens is 1980 g/mol. The van der Waals surface area contributed by atoms with Crippen LogP contribution in [0.1, 0.15) is 6.92 Å². The van der Waals surface area contributed by atoms with Crippen molar-refractivity contribution in [3.8, 4) is 0 Å². The number of hydrogen-bond donors (Lipinski definition) is 34. The Balaban J connectivity index is 1.26. The minimum atomic E-state index is -2.43. The largest absolute Gasteiger partial charge is 0.478 e. The second kappa shape index (κ2) is 61.6. The van der Waals surface area contributed by atoms with Crippen molar-refractivity contribution in [1.82, 2.24) is 74.4 Å². The zero-order valence-corrected chi connectivity index (χ0v) is 78.5. The van der Waals surface area contributed by atoms with E-state index in [2.05, 4.69) is 74.4 Å². The number of carboxylic acid groups (broad SMARTS) is 6. The molecule has 0 aromatic carbocycles. The topological polar surface area (TPSA) is 941 Å². The Labute approximate surface area is 834 Å². The van der Waals surface area contributed by atoms with Gasteiger partial charge in [-0.25, -0.2) is 28.8 Å². The molecule has 21 aliphatic rings. The Bertz CT molecular complexity index is 3760. The lowest BCUT2D eigenvalue weighted by atomic mass is 9.94. The summed E-state index contributed by atoms with van der Waals surface area (Å²) < 4.78 is 88.8. The molecule has 7 amide bonds. The van der Waals surface area contributed by atoms with Gasteiger partial charge < -0.3 is 243 Å². The van der Waals surface area contributed by atoms with Crippen molar-refractivity contribution in [2.75, 3.05) is 137 Å². The molecule has 62 nitrogen and oxygen atoms in total. The normalized spacial score (nSPS) is 34.5. The second-order valence-corrected chi connectivity index (χ2v) is 33.8. The summed E-state index contributed by atoms with van der Waals surface area (Å²) in [6.45, 7) is -6.67. The van der Waals surface area contributed by atoms with Gasteiger partial charge in [-0.05, 0) is 13.0 Å². The fraction of sp³-hybridized carbons (Fsp3) is 0.671. The van der Waals surface area contributed by atoms with Crippen LogP contribution in [0.25, 0.3) is 0 Å². The summed E-state index contributed by atoms with van der Waals surface area (Å²) in [5.74, 6) is -15.5. The number of allylic oxidation sites excluding steroid dienone is 1. The van der Waals surface area contributed by atoms with E-state index in [1.807, 2.05) is 0 Å². The molecule has 21 fully saturated rings. The molecule has 0 aromatic rings. The maximum atomic E-state index is 12.7. The van der Waals surface area contributed by atoms with E-state index in [1.54, 1.807) is 0 Å². The molecule has 14 bridgehead atoms. The first-order valence-electron chi connectivity index (χ1n) is 46.2. The van der Waals surface area contributed by atoms with Crippen LogP contribution in [0.15, 0.2) is 85.1 Å². The first kappa shape index (κ1) is 122. The van der Waals surface area contributed by atoms with Gasteiger partial charge in [-0.3, -0.25) is 38.4 Å². The van der Waals surface area contributed by atoms with Gasteiger partial charge in [0.25, 0.3) is 0 Å². The fourth-order valence-electron chi connectivity index (χ4n) is 15.7. The van der Waals surface area contributed by atoms with Crippen LogP contribution in [0.3, 0.4) is 0 Å². The third kappa shape index (κ3) is 39.1. The van der Waals surface area contributed by atoms with E-state index in [-0.39, 0.29) is 91.6 Å². The van der Waals surface area contributed by atoms with Gasteiger partial charge in [0.15, 0.2) is 49.8 Å². The molecule has 21 aliphatic heterocycles. The summed E-state index contributed by atoms with van der Waals surface area (Å²) in [5.41, 5.74) is 0. The third-order valence-corrected chi connectivity index (χ3v) is 22.9. The number of carboxylic acids is 6. The number of amides is 7. The van der Waals surface area contributed by atoms with Crippen molar-refractivity contribution in [3.63, 3.8) is 0 Å². The van der Waals surface area contributed by atoms with Crippen molar-refractivity contribution in [3.05, 3.63) is 85.1 Å². The van der Waals surface area contributed by atoms with Crippen LogP contribution in [0.4, 0.5) is 0 Å². The Morgan fingerprint density at radius 3 is 0.415 bits per heavy atom. The number of nitrogens with one attached hydrogen (secondary N) is 14. The quantitative estimate of drug-likeness (QED) is 0.0199. The van der Waals surface area contributed by atoms with Gasteiger partial charge in [0, 0.05) is 216 Å². The third-order valence-electron chi connectivity index (χ3n) is 22.9. The predicted molar refractivity (Wildman–Crippen MR) is 480 cm³/mol. The van der Waals surface area contributed by atoms with Crippen molar-refractivity contribution in [1.29, 1.82) is 0 Å². The molecule has 21 saturated heterocycles. The van der Waals surface area contributed by atoms with E-state index >= 15 is 0 Å². The second-order valence-electron chi connectivity index (χ2n) is 33.8. The van der Waals surface area contributed by atoms with E-state index in [0.29, 0.717) is 72.9 Å². The number of carbonyl (C=O) groups excluding carboxylic acids is 8. The fourth-order valence-corrected chi connectivity index (χ4v) is 15.7. The monoisotopic (exact) mass is 2110 g/mol. The Morgan fingerprint density at radius 1 is 0.177 bits per heavy atom. The highest BCUT2D eigenvalue weighted by molar-refractivity contribution is 5.98. The highest BCUT2D eigenvalue weighted by Crippen LogP contribution is 2.40. The average molecular weight is 2110 g/mol. The van der Waals surface area contributed by atoms with E-state index in [1.165, 1.54) is 6.92 Å². The molecule has 0 radical (unpaired) electrons. The summed E-state index contributed by atoms with van der Waals surface area (Å²) in [7, 11) is 0. The molecule has 826 valence electrons. The molecule has 21 heterocycles. The zero-order valence-electron chi connectivity index (χ0n) is 78.5. The van der Waals surface area contributed by atoms with Gasteiger partial charge in [0.05, 0.1) is 0 Å². The summed E-state index contributed by atoms with van der Waals surface area (Å²) in [6, 6.07) is 0. The van der Waals surface area contributed by atoms with Gasteiger partial charge in [0.1, 0.15) is 171 Å². The zero-order chi connectivity index (χ0) is 108. The lowest BCUT2D eigenvalue weighted by Crippen LogP contribution is -2.69. The van der Waals surface area contributed by atoms with Crippen LogP contribution in [-0.4, -0.2) is 537 Å². The number of hydrogen-bond acceptors (Lipinski definition) is 49. The van der Waals surface area contributed by atoms with Crippen LogP contribution in [-0.2, 0) is 133 Å². The molecule has 62 heteroatoms. The first-order valence-corrected chi connectivity index (χ1v) is 46.2. The molecular formula is C85H128N14O48. The molecule has 0 spiro atoms. The summed E-state index contributed by atoms with van der Waals surface area (Å²) in [5, 5.41) is 266. The number of ketones is 1. The number of carbonyl (C=O) groups is 14. The van der Waals surface area contributed by atoms with Gasteiger partial charge in [-0.2, -0.15) is 0 Å². The number of rotatable bonds is 49. The SMILES string of the molecule is CC(=O)/C=C\C(=O)NCCNCC1OC2OC3C(CNCCNC(=O)/C=C\C(=O)O)OC(OC4C(CNCCNC(=O)/C=C\C(=O)O)OC(OC5C(CNCCNC(=O)/C=C\C(=O)O)OC(OC6C(CNCCNC(=O)/C=C\C(=O)O)OC(OC7C(CNCCNC(=O)/C=C\C(=O)O)OC(OC8C(CNCCNC(=O)/C=C\C(=O)O)OC(OC1C(O)C2O)C(O)C8O)C(O)C7O)C(O)C6O)C(O)C5O)C(O)C4O)C(O)C3O. The van der Waals surface area contributed by atoms with E-state index in [4.69, 9.17) is 97.0 Å². The minimum Gasteiger partial charge on any atom is -0.478 e.